The number of aromatic nitrogens is 1. The summed E-state index contributed by atoms with van der Waals surface area (Å²) in [5, 5.41) is 3.86. The Morgan fingerprint density at radius 2 is 1.75 bits per heavy atom. The number of rotatable bonds is 7. The topological polar surface area (TPSA) is 98.9 Å². The van der Waals surface area contributed by atoms with E-state index < -0.39 is 5.97 Å². The van der Waals surface area contributed by atoms with Gasteiger partial charge in [0.2, 0.25) is 0 Å². The summed E-state index contributed by atoms with van der Waals surface area (Å²) in [5.41, 5.74) is 2.93. The van der Waals surface area contributed by atoms with Gasteiger partial charge < -0.3 is 14.0 Å². The average Bonchev–Trinajstić information content (AvgIpc) is 3.24. The molecule has 2 heterocycles. The van der Waals surface area contributed by atoms with Gasteiger partial charge in [-0.2, -0.15) is 0 Å². The van der Waals surface area contributed by atoms with Gasteiger partial charge in [0.05, 0.1) is 35.5 Å². The quantitative estimate of drug-likeness (QED) is 0.411. The Morgan fingerprint density at radius 3 is 2.34 bits per heavy atom. The highest BCUT2D eigenvalue weighted by molar-refractivity contribution is 6.21. The summed E-state index contributed by atoms with van der Waals surface area (Å²) in [4.78, 5) is 39.4. The Balaban J connectivity index is 1.56. The molecule has 2 amide bonds. The summed E-state index contributed by atoms with van der Waals surface area (Å²) in [5.74, 6) is -0.358. The van der Waals surface area contributed by atoms with Crippen molar-refractivity contribution in [1.29, 1.82) is 0 Å². The highest BCUT2D eigenvalue weighted by Crippen LogP contribution is 2.27. The third kappa shape index (κ3) is 3.87. The van der Waals surface area contributed by atoms with Crippen molar-refractivity contribution in [3.05, 3.63) is 81.7 Å². The van der Waals surface area contributed by atoms with E-state index in [9.17, 15) is 14.4 Å². The van der Waals surface area contributed by atoms with Gasteiger partial charge in [0.15, 0.2) is 0 Å². The van der Waals surface area contributed by atoms with Gasteiger partial charge in [-0.3, -0.25) is 14.5 Å². The zero-order valence-electron chi connectivity index (χ0n) is 18.0. The van der Waals surface area contributed by atoms with E-state index in [4.69, 9.17) is 14.0 Å². The molecule has 1 aromatic heterocycles. The lowest BCUT2D eigenvalue weighted by Gasteiger charge is -2.16. The molecule has 0 aliphatic carbocycles. The normalized spacial score (nSPS) is 12.8. The first-order valence-electron chi connectivity index (χ1n) is 10.2. The zero-order chi connectivity index (χ0) is 22.8. The van der Waals surface area contributed by atoms with Crippen LogP contribution < -0.4 is 4.74 Å². The molecule has 4 rings (SSSR count). The first kappa shape index (κ1) is 21.3. The van der Waals surface area contributed by atoms with E-state index in [0.717, 1.165) is 0 Å². The van der Waals surface area contributed by atoms with E-state index in [1.807, 2.05) is 6.92 Å². The molecule has 0 bridgehead atoms. The fraction of sp³-hybridized carbons (Fsp3) is 0.250. The van der Waals surface area contributed by atoms with Crippen LogP contribution in [0.2, 0.25) is 0 Å². The van der Waals surface area contributed by atoms with Gasteiger partial charge in [0, 0.05) is 0 Å². The standard InChI is InChI=1S/C24H22N2O6/c1-4-30-21-10-9-16(12-26-22(27)17-7-5-6-8-18(17)23(26)28)11-19(21)24(29)31-13-20-14(2)25-32-15(20)3/h5-11H,4,12-13H2,1-3H3. The number of esters is 1. The van der Waals surface area contributed by atoms with E-state index in [1.54, 1.807) is 56.3 Å². The summed E-state index contributed by atoms with van der Waals surface area (Å²) in [7, 11) is 0. The van der Waals surface area contributed by atoms with Crippen LogP contribution in [-0.2, 0) is 17.9 Å². The van der Waals surface area contributed by atoms with Crippen molar-refractivity contribution in [2.75, 3.05) is 6.61 Å². The summed E-state index contributed by atoms with van der Waals surface area (Å²) >= 11 is 0. The fourth-order valence-corrected chi connectivity index (χ4v) is 3.61. The van der Waals surface area contributed by atoms with Gasteiger partial charge in [0.25, 0.3) is 11.8 Å². The number of benzene rings is 2. The van der Waals surface area contributed by atoms with Crippen LogP contribution in [0.5, 0.6) is 5.75 Å². The van der Waals surface area contributed by atoms with E-state index in [1.165, 1.54) is 4.90 Å². The summed E-state index contributed by atoms with van der Waals surface area (Å²) < 4.78 is 16.2. The lowest BCUT2D eigenvalue weighted by molar-refractivity contribution is 0.0466. The molecule has 0 fully saturated rings. The van der Waals surface area contributed by atoms with Crippen molar-refractivity contribution >= 4 is 17.8 Å². The molecule has 0 radical (unpaired) electrons. The molecule has 0 atom stereocenters. The smallest absolute Gasteiger partial charge is 0.342 e. The minimum absolute atomic E-state index is 0.00813. The van der Waals surface area contributed by atoms with E-state index in [2.05, 4.69) is 5.16 Å². The number of carbonyl (C=O) groups is 3. The number of hydrogen-bond acceptors (Lipinski definition) is 7. The maximum atomic E-state index is 12.9. The van der Waals surface area contributed by atoms with Crippen molar-refractivity contribution in [3.8, 4) is 5.75 Å². The summed E-state index contributed by atoms with van der Waals surface area (Å²) in [6.07, 6.45) is 0. The highest BCUT2D eigenvalue weighted by Gasteiger charge is 2.35. The predicted molar refractivity (Wildman–Crippen MR) is 113 cm³/mol. The van der Waals surface area contributed by atoms with Crippen LogP contribution in [0, 0.1) is 13.8 Å². The molecule has 32 heavy (non-hydrogen) atoms. The maximum absolute atomic E-state index is 12.9. The number of nitrogens with zero attached hydrogens (tertiary/aromatic N) is 2. The Bertz CT molecular complexity index is 1160. The molecule has 164 valence electrons. The molecule has 1 aliphatic rings. The highest BCUT2D eigenvalue weighted by atomic mass is 16.5. The van der Waals surface area contributed by atoms with Crippen molar-refractivity contribution < 1.29 is 28.4 Å². The Kier molecular flexibility index (Phi) is 5.77. The predicted octanol–water partition coefficient (Wildman–Crippen LogP) is 3.84. The van der Waals surface area contributed by atoms with E-state index >= 15 is 0 Å². The second kappa shape index (κ2) is 8.66. The van der Waals surface area contributed by atoms with Gasteiger partial charge >= 0.3 is 5.97 Å². The number of amides is 2. The van der Waals surface area contributed by atoms with Crippen molar-refractivity contribution in [2.24, 2.45) is 0 Å². The molecule has 0 unspecified atom stereocenters. The first-order chi connectivity index (χ1) is 15.4. The number of hydrogen-bond donors (Lipinski definition) is 0. The minimum atomic E-state index is -0.585. The lowest BCUT2D eigenvalue weighted by atomic mass is 10.1. The van der Waals surface area contributed by atoms with Crippen LogP contribution in [0.1, 0.15) is 60.6 Å². The van der Waals surface area contributed by atoms with Crippen molar-refractivity contribution in [2.45, 2.75) is 33.9 Å². The van der Waals surface area contributed by atoms with E-state index in [-0.39, 0.29) is 30.5 Å². The second-order valence-corrected chi connectivity index (χ2v) is 7.38. The summed E-state index contributed by atoms with van der Waals surface area (Å²) in [6.45, 7) is 5.73. The maximum Gasteiger partial charge on any atom is 0.342 e. The molecular weight excluding hydrogens is 412 g/mol. The Hall–Kier alpha value is -3.94. The van der Waals surface area contributed by atoms with Crippen LogP contribution in [0.4, 0.5) is 0 Å². The van der Waals surface area contributed by atoms with Crippen LogP contribution in [0.3, 0.4) is 0 Å². The van der Waals surface area contributed by atoms with Crippen LogP contribution in [0.25, 0.3) is 0 Å². The van der Waals surface area contributed by atoms with Gasteiger partial charge in [-0.1, -0.05) is 23.4 Å². The van der Waals surface area contributed by atoms with Gasteiger partial charge in [-0.25, -0.2) is 4.79 Å². The minimum Gasteiger partial charge on any atom is -0.493 e. The van der Waals surface area contributed by atoms with Crippen LogP contribution in [0.15, 0.2) is 47.0 Å². The molecule has 2 aromatic carbocycles. The van der Waals surface area contributed by atoms with Crippen molar-refractivity contribution in [1.82, 2.24) is 10.1 Å². The summed E-state index contributed by atoms with van der Waals surface area (Å²) in [6, 6.07) is 11.7. The lowest BCUT2D eigenvalue weighted by Crippen LogP contribution is -2.29. The molecule has 0 saturated heterocycles. The Morgan fingerprint density at radius 1 is 1.06 bits per heavy atom. The number of imide groups is 1. The van der Waals surface area contributed by atoms with Crippen molar-refractivity contribution in [3.63, 3.8) is 0 Å². The molecule has 0 spiro atoms. The first-order valence-corrected chi connectivity index (χ1v) is 10.2. The molecule has 0 N–H and O–H groups in total. The molecule has 8 nitrogen and oxygen atoms in total. The zero-order valence-corrected chi connectivity index (χ0v) is 18.0. The van der Waals surface area contributed by atoms with Gasteiger partial charge in [0.1, 0.15) is 23.7 Å². The molecule has 1 aliphatic heterocycles. The SMILES string of the molecule is CCOc1ccc(CN2C(=O)c3ccccc3C2=O)cc1C(=O)OCc1c(C)noc1C. The second-order valence-electron chi connectivity index (χ2n) is 7.38. The fourth-order valence-electron chi connectivity index (χ4n) is 3.61. The monoisotopic (exact) mass is 434 g/mol. The van der Waals surface area contributed by atoms with Gasteiger partial charge in [-0.05, 0) is 50.6 Å². The number of aryl methyl sites for hydroxylation is 2. The molecule has 3 aromatic rings. The van der Waals surface area contributed by atoms with Gasteiger partial charge in [-0.15, -0.1) is 0 Å². The molecular formula is C24H22N2O6. The Labute approximate surface area is 184 Å². The molecule has 8 heteroatoms. The van der Waals surface area contributed by atoms with E-state index in [0.29, 0.717) is 46.1 Å². The third-order valence-electron chi connectivity index (χ3n) is 5.31. The number of fused-ring (bicyclic) bond motifs is 1. The molecule has 0 saturated carbocycles. The number of carbonyl (C=O) groups excluding carboxylic acids is 3. The average molecular weight is 434 g/mol. The third-order valence-corrected chi connectivity index (χ3v) is 5.31. The largest absolute Gasteiger partial charge is 0.493 e. The number of ether oxygens (including phenoxy) is 2. The van der Waals surface area contributed by atoms with Crippen LogP contribution in [-0.4, -0.2) is 34.4 Å². The van der Waals surface area contributed by atoms with Crippen LogP contribution >= 0.6 is 0 Å².